The molecule has 0 aliphatic carbocycles. The predicted octanol–water partition coefficient (Wildman–Crippen LogP) is 5.16. The number of rotatable bonds is 3. The van der Waals surface area contributed by atoms with Crippen molar-refractivity contribution in [1.82, 2.24) is 9.78 Å². The zero-order valence-corrected chi connectivity index (χ0v) is 14.6. The highest BCUT2D eigenvalue weighted by Crippen LogP contribution is 2.33. The average Bonchev–Trinajstić information content (AvgIpc) is 2.85. The van der Waals surface area contributed by atoms with Gasteiger partial charge in [-0.25, -0.2) is 9.48 Å². The highest BCUT2D eigenvalue weighted by atomic mass is 35.5. The number of hydrogen-bond donors (Lipinski definition) is 1. The maximum absolute atomic E-state index is 11.2. The van der Waals surface area contributed by atoms with Gasteiger partial charge >= 0.3 is 5.97 Å². The van der Waals surface area contributed by atoms with Gasteiger partial charge in [0.25, 0.3) is 0 Å². The number of aromatic nitrogens is 2. The molecule has 0 fully saturated rings. The Morgan fingerprint density at radius 1 is 1.08 bits per heavy atom. The molecule has 0 amide bonds. The van der Waals surface area contributed by atoms with E-state index in [9.17, 15) is 4.79 Å². The molecule has 6 heteroatoms. The molecule has 3 aromatic rings. The molecule has 3 rings (SSSR count). The second-order valence-corrected chi connectivity index (χ2v) is 6.26. The number of benzene rings is 2. The Morgan fingerprint density at radius 2 is 1.83 bits per heavy atom. The Hall–Kier alpha value is -2.30. The molecule has 0 radical (unpaired) electrons. The third-order valence-electron chi connectivity index (χ3n) is 3.84. The number of carbonyl (C=O) groups is 1. The second kappa shape index (κ2) is 6.30. The first-order valence-electron chi connectivity index (χ1n) is 7.24. The van der Waals surface area contributed by atoms with Crippen LogP contribution in [0.15, 0.2) is 42.5 Å². The van der Waals surface area contributed by atoms with Crippen molar-refractivity contribution < 1.29 is 9.90 Å². The molecular formula is C18H14Cl2N2O2. The van der Waals surface area contributed by atoms with Crippen molar-refractivity contribution in [3.8, 4) is 16.8 Å². The fourth-order valence-electron chi connectivity index (χ4n) is 2.73. The summed E-state index contributed by atoms with van der Waals surface area (Å²) in [5, 5.41) is 14.7. The molecule has 0 spiro atoms. The van der Waals surface area contributed by atoms with Gasteiger partial charge in [-0.1, -0.05) is 35.3 Å². The minimum atomic E-state index is -0.969. The van der Waals surface area contributed by atoms with E-state index in [1.54, 1.807) is 35.0 Å². The summed E-state index contributed by atoms with van der Waals surface area (Å²) in [5.41, 5.74) is 4.51. The van der Waals surface area contributed by atoms with E-state index >= 15 is 0 Å². The molecule has 0 saturated carbocycles. The van der Waals surface area contributed by atoms with E-state index < -0.39 is 5.97 Å². The third kappa shape index (κ3) is 2.90. The lowest BCUT2D eigenvalue weighted by molar-refractivity contribution is 0.0697. The lowest BCUT2D eigenvalue weighted by Crippen LogP contribution is -2.02. The molecule has 1 heterocycles. The van der Waals surface area contributed by atoms with E-state index in [4.69, 9.17) is 28.3 Å². The van der Waals surface area contributed by atoms with Gasteiger partial charge in [0.15, 0.2) is 0 Å². The van der Waals surface area contributed by atoms with Crippen LogP contribution in [0.5, 0.6) is 0 Å². The van der Waals surface area contributed by atoms with E-state index in [0.29, 0.717) is 15.7 Å². The van der Waals surface area contributed by atoms with Gasteiger partial charge in [-0.15, -0.1) is 0 Å². The van der Waals surface area contributed by atoms with Crippen molar-refractivity contribution in [2.75, 3.05) is 0 Å². The first-order chi connectivity index (χ1) is 11.4. The summed E-state index contributed by atoms with van der Waals surface area (Å²) in [4.78, 5) is 11.2. The van der Waals surface area contributed by atoms with Crippen LogP contribution in [0.2, 0.25) is 10.0 Å². The molecule has 24 heavy (non-hydrogen) atoms. The van der Waals surface area contributed by atoms with E-state index in [-0.39, 0.29) is 5.56 Å². The van der Waals surface area contributed by atoms with Crippen molar-refractivity contribution >= 4 is 29.2 Å². The van der Waals surface area contributed by atoms with E-state index in [0.717, 1.165) is 22.5 Å². The van der Waals surface area contributed by atoms with Gasteiger partial charge < -0.3 is 5.11 Å². The number of aromatic carboxylic acids is 1. The van der Waals surface area contributed by atoms with E-state index in [2.05, 4.69) is 5.10 Å². The molecule has 122 valence electrons. The number of hydrogen-bond acceptors (Lipinski definition) is 2. The molecule has 0 saturated heterocycles. The van der Waals surface area contributed by atoms with Crippen LogP contribution >= 0.6 is 23.2 Å². The number of halogens is 2. The summed E-state index contributed by atoms with van der Waals surface area (Å²) in [5.74, 6) is -0.969. The zero-order valence-electron chi connectivity index (χ0n) is 13.0. The Kier molecular flexibility index (Phi) is 4.35. The van der Waals surface area contributed by atoms with Crippen LogP contribution < -0.4 is 0 Å². The lowest BCUT2D eigenvalue weighted by Gasteiger charge is -2.07. The number of nitrogens with zero attached hydrogens (tertiary/aromatic N) is 2. The molecule has 2 aromatic carbocycles. The van der Waals surface area contributed by atoms with Gasteiger partial charge in [0, 0.05) is 11.3 Å². The summed E-state index contributed by atoms with van der Waals surface area (Å²) in [6, 6.07) is 12.1. The lowest BCUT2D eigenvalue weighted by atomic mass is 10.0. The van der Waals surface area contributed by atoms with Crippen LogP contribution in [0, 0.1) is 13.8 Å². The Bertz CT molecular complexity index is 948. The van der Waals surface area contributed by atoms with Crippen LogP contribution in [-0.2, 0) is 0 Å². The molecule has 0 aliphatic heterocycles. The second-order valence-electron chi connectivity index (χ2n) is 5.44. The molecular weight excluding hydrogens is 347 g/mol. The minimum absolute atomic E-state index is 0.219. The Labute approximate surface area is 149 Å². The first-order valence-corrected chi connectivity index (χ1v) is 7.99. The summed E-state index contributed by atoms with van der Waals surface area (Å²) in [6.07, 6.45) is 0. The minimum Gasteiger partial charge on any atom is -0.478 e. The smallest absolute Gasteiger partial charge is 0.335 e. The largest absolute Gasteiger partial charge is 0.478 e. The standard InChI is InChI=1S/C18H14Cl2N2O2/c1-10-17(12-6-7-15(19)16(20)9-12)11(2)22(21-10)14-5-3-4-13(8-14)18(23)24/h3-9H,1-2H3,(H,23,24). The highest BCUT2D eigenvalue weighted by Gasteiger charge is 2.16. The normalized spacial score (nSPS) is 10.8. The molecule has 4 nitrogen and oxygen atoms in total. The third-order valence-corrected chi connectivity index (χ3v) is 4.58. The van der Waals surface area contributed by atoms with Crippen molar-refractivity contribution in [3.05, 3.63) is 69.5 Å². The highest BCUT2D eigenvalue weighted by molar-refractivity contribution is 6.42. The molecule has 1 N–H and O–H groups in total. The SMILES string of the molecule is Cc1nn(-c2cccc(C(=O)O)c2)c(C)c1-c1ccc(Cl)c(Cl)c1. The van der Waals surface area contributed by atoms with E-state index in [1.807, 2.05) is 26.0 Å². The van der Waals surface area contributed by atoms with Crippen molar-refractivity contribution in [1.29, 1.82) is 0 Å². The van der Waals surface area contributed by atoms with Gasteiger partial charge in [-0.05, 0) is 49.7 Å². The summed E-state index contributed by atoms with van der Waals surface area (Å²) in [6.45, 7) is 3.84. The number of carboxylic acids is 1. The number of aryl methyl sites for hydroxylation is 1. The molecule has 0 unspecified atom stereocenters. The molecule has 0 aliphatic rings. The summed E-state index contributed by atoms with van der Waals surface area (Å²) < 4.78 is 1.74. The van der Waals surface area contributed by atoms with Gasteiger partial charge in [0.1, 0.15) is 0 Å². The fourth-order valence-corrected chi connectivity index (χ4v) is 3.03. The fraction of sp³-hybridized carbons (Fsp3) is 0.111. The van der Waals surface area contributed by atoms with Gasteiger partial charge in [-0.2, -0.15) is 5.10 Å². The predicted molar refractivity (Wildman–Crippen MR) is 95.5 cm³/mol. The van der Waals surface area contributed by atoms with Crippen molar-refractivity contribution in [3.63, 3.8) is 0 Å². The summed E-state index contributed by atoms with van der Waals surface area (Å²) >= 11 is 12.1. The summed E-state index contributed by atoms with van der Waals surface area (Å²) in [7, 11) is 0. The van der Waals surface area contributed by atoms with Gasteiger partial charge in [0.05, 0.1) is 27.0 Å². The van der Waals surface area contributed by atoms with Gasteiger partial charge in [-0.3, -0.25) is 0 Å². The van der Waals surface area contributed by atoms with Crippen LogP contribution in [0.3, 0.4) is 0 Å². The maximum atomic E-state index is 11.2. The van der Waals surface area contributed by atoms with Crippen molar-refractivity contribution in [2.24, 2.45) is 0 Å². The Balaban J connectivity index is 2.14. The monoisotopic (exact) mass is 360 g/mol. The van der Waals surface area contributed by atoms with Crippen LogP contribution in [-0.4, -0.2) is 20.9 Å². The number of carboxylic acid groups (broad SMARTS) is 1. The van der Waals surface area contributed by atoms with Gasteiger partial charge in [0.2, 0.25) is 0 Å². The average molecular weight is 361 g/mol. The topological polar surface area (TPSA) is 55.1 Å². The quantitative estimate of drug-likeness (QED) is 0.701. The molecule has 1 aromatic heterocycles. The van der Waals surface area contributed by atoms with E-state index in [1.165, 1.54) is 0 Å². The van der Waals surface area contributed by atoms with Crippen LogP contribution in [0.1, 0.15) is 21.7 Å². The zero-order chi connectivity index (χ0) is 17.4. The van der Waals surface area contributed by atoms with Crippen LogP contribution in [0.4, 0.5) is 0 Å². The molecule has 0 atom stereocenters. The first kappa shape index (κ1) is 16.6. The van der Waals surface area contributed by atoms with Crippen LogP contribution in [0.25, 0.3) is 16.8 Å². The molecule has 0 bridgehead atoms. The maximum Gasteiger partial charge on any atom is 0.335 e. The van der Waals surface area contributed by atoms with Crippen molar-refractivity contribution in [2.45, 2.75) is 13.8 Å². The Morgan fingerprint density at radius 3 is 2.50 bits per heavy atom.